The molecule has 1 aromatic carbocycles. The molecule has 0 bridgehead atoms. The second kappa shape index (κ2) is 8.64. The number of carboxylic acids is 1. The molecule has 1 aliphatic rings. The smallest absolute Gasteiger partial charge is 0.335 e. The third-order valence-corrected chi connectivity index (χ3v) is 5.63. The van der Waals surface area contributed by atoms with Crippen molar-refractivity contribution in [1.82, 2.24) is 4.72 Å². The number of nitrogens with one attached hydrogen (secondary N) is 2. The van der Waals surface area contributed by atoms with Crippen LogP contribution >= 0.6 is 0 Å². The maximum Gasteiger partial charge on any atom is 0.335 e. The van der Waals surface area contributed by atoms with E-state index in [1.165, 1.54) is 18.2 Å². The Morgan fingerprint density at radius 1 is 1.44 bits per heavy atom. The Hall–Kier alpha value is -1.64. The van der Waals surface area contributed by atoms with Crippen LogP contribution in [0, 0.1) is 0 Å². The number of carboxylic acid groups (broad SMARTS) is 1. The van der Waals surface area contributed by atoms with Crippen LogP contribution in [0.25, 0.3) is 0 Å². The topological polar surface area (TPSA) is 105 Å². The molecule has 0 spiro atoms. The number of carbonyl (C=O) groups is 1. The summed E-state index contributed by atoms with van der Waals surface area (Å²) in [5.41, 5.74) is 0.344. The first kappa shape index (κ1) is 19.7. The molecule has 1 fully saturated rings. The van der Waals surface area contributed by atoms with Crippen molar-refractivity contribution >= 4 is 21.7 Å². The Labute approximate surface area is 148 Å². The molecule has 1 aromatic rings. The van der Waals surface area contributed by atoms with Gasteiger partial charge in [0.05, 0.1) is 17.4 Å². The van der Waals surface area contributed by atoms with Crippen LogP contribution in [0.15, 0.2) is 23.1 Å². The van der Waals surface area contributed by atoms with E-state index in [-0.39, 0.29) is 29.1 Å². The van der Waals surface area contributed by atoms with Crippen LogP contribution in [0.2, 0.25) is 0 Å². The van der Waals surface area contributed by atoms with Gasteiger partial charge in [0.25, 0.3) is 0 Å². The Morgan fingerprint density at radius 3 is 2.80 bits per heavy atom. The first-order valence-electron chi connectivity index (χ1n) is 8.58. The van der Waals surface area contributed by atoms with Crippen molar-refractivity contribution in [2.45, 2.75) is 56.6 Å². The number of rotatable bonds is 9. The van der Waals surface area contributed by atoms with Gasteiger partial charge in [-0.2, -0.15) is 0 Å². The molecule has 0 aliphatic carbocycles. The van der Waals surface area contributed by atoms with Gasteiger partial charge in [0.2, 0.25) is 10.0 Å². The third-order valence-electron chi connectivity index (χ3n) is 4.17. The van der Waals surface area contributed by atoms with Gasteiger partial charge in [-0.25, -0.2) is 17.9 Å². The van der Waals surface area contributed by atoms with E-state index < -0.39 is 16.0 Å². The predicted molar refractivity (Wildman–Crippen MR) is 95.6 cm³/mol. The predicted octanol–water partition coefficient (Wildman–Crippen LogP) is 2.44. The fourth-order valence-corrected chi connectivity index (χ4v) is 4.11. The molecule has 0 aromatic heterocycles. The van der Waals surface area contributed by atoms with Crippen LogP contribution in [-0.4, -0.2) is 44.8 Å². The molecule has 8 heteroatoms. The molecule has 0 amide bonds. The molecule has 0 radical (unpaired) electrons. The van der Waals surface area contributed by atoms with Crippen LogP contribution in [0.5, 0.6) is 0 Å². The Kier molecular flexibility index (Phi) is 6.80. The van der Waals surface area contributed by atoms with Crippen molar-refractivity contribution in [3.05, 3.63) is 23.8 Å². The molecule has 7 nitrogen and oxygen atoms in total. The maximum atomic E-state index is 12.7. The average molecular weight is 370 g/mol. The monoisotopic (exact) mass is 370 g/mol. The summed E-state index contributed by atoms with van der Waals surface area (Å²) in [6.45, 7) is 4.84. The van der Waals surface area contributed by atoms with Crippen LogP contribution in [0.1, 0.15) is 49.9 Å². The van der Waals surface area contributed by atoms with Gasteiger partial charge in [-0.15, -0.1) is 0 Å². The van der Waals surface area contributed by atoms with Crippen LogP contribution < -0.4 is 10.0 Å². The van der Waals surface area contributed by atoms with Gasteiger partial charge in [-0.3, -0.25) is 0 Å². The number of aromatic carboxylic acids is 1. The average Bonchev–Trinajstić information content (AvgIpc) is 3.07. The summed E-state index contributed by atoms with van der Waals surface area (Å²) >= 11 is 0. The van der Waals surface area contributed by atoms with E-state index >= 15 is 0 Å². The van der Waals surface area contributed by atoms with Gasteiger partial charge in [0, 0.05) is 19.2 Å². The van der Waals surface area contributed by atoms with Crippen LogP contribution in [0.3, 0.4) is 0 Å². The van der Waals surface area contributed by atoms with E-state index in [1.54, 1.807) is 0 Å². The Bertz CT molecular complexity index is 699. The number of anilines is 1. The van der Waals surface area contributed by atoms with E-state index in [9.17, 15) is 18.3 Å². The fourth-order valence-electron chi connectivity index (χ4n) is 2.85. The Morgan fingerprint density at radius 2 is 2.20 bits per heavy atom. The van der Waals surface area contributed by atoms with Crippen molar-refractivity contribution in [1.29, 1.82) is 0 Å². The quantitative estimate of drug-likeness (QED) is 0.617. The molecule has 2 atom stereocenters. The lowest BCUT2D eigenvalue weighted by molar-refractivity contribution is 0.0696. The second-order valence-corrected chi connectivity index (χ2v) is 8.07. The third kappa shape index (κ3) is 5.42. The van der Waals surface area contributed by atoms with E-state index in [1.807, 2.05) is 13.8 Å². The molecule has 0 unspecified atom stereocenters. The van der Waals surface area contributed by atoms with E-state index in [2.05, 4.69) is 10.0 Å². The zero-order valence-corrected chi connectivity index (χ0v) is 15.4. The van der Waals surface area contributed by atoms with Gasteiger partial charge >= 0.3 is 5.97 Å². The molecule has 1 aliphatic heterocycles. The van der Waals surface area contributed by atoms with E-state index in [4.69, 9.17) is 4.74 Å². The molecule has 0 saturated carbocycles. The zero-order chi connectivity index (χ0) is 18.4. The van der Waals surface area contributed by atoms with E-state index in [0.717, 1.165) is 25.7 Å². The Balaban J connectivity index is 2.26. The van der Waals surface area contributed by atoms with Crippen molar-refractivity contribution in [3.63, 3.8) is 0 Å². The maximum absolute atomic E-state index is 12.7. The van der Waals surface area contributed by atoms with Crippen LogP contribution in [-0.2, 0) is 14.8 Å². The highest BCUT2D eigenvalue weighted by molar-refractivity contribution is 7.89. The fraction of sp³-hybridized carbons (Fsp3) is 0.588. The molecular weight excluding hydrogens is 344 g/mol. The summed E-state index contributed by atoms with van der Waals surface area (Å²) in [6, 6.07) is 4.19. The number of hydrogen-bond acceptors (Lipinski definition) is 5. The molecule has 140 valence electrons. The minimum atomic E-state index is -3.85. The molecule has 25 heavy (non-hydrogen) atoms. The van der Waals surface area contributed by atoms with Gasteiger partial charge in [-0.05, 0) is 44.4 Å². The van der Waals surface area contributed by atoms with Gasteiger partial charge in [-0.1, -0.05) is 13.3 Å². The van der Waals surface area contributed by atoms with Gasteiger partial charge in [0.1, 0.15) is 4.90 Å². The second-order valence-electron chi connectivity index (χ2n) is 6.34. The summed E-state index contributed by atoms with van der Waals surface area (Å²) in [7, 11) is -3.85. The lowest BCUT2D eigenvalue weighted by Gasteiger charge is -2.19. The van der Waals surface area contributed by atoms with Crippen molar-refractivity contribution in [2.75, 3.05) is 18.5 Å². The highest BCUT2D eigenvalue weighted by atomic mass is 32.2. The summed E-state index contributed by atoms with van der Waals surface area (Å²) in [5.74, 6) is -1.16. The highest BCUT2D eigenvalue weighted by Gasteiger charge is 2.24. The standard InChI is InChI=1S/C17H26N2O5S/c1-3-5-12(2)19-15-8-7-13(17(20)21)10-16(15)25(22,23)18-11-14-6-4-9-24-14/h7-8,10,12,14,18-19H,3-6,9,11H2,1-2H3,(H,20,21)/t12-,14-/m0/s1. The summed E-state index contributed by atoms with van der Waals surface area (Å²) in [6.07, 6.45) is 3.44. The number of benzene rings is 1. The van der Waals surface area contributed by atoms with Crippen molar-refractivity contribution < 1.29 is 23.1 Å². The first-order chi connectivity index (χ1) is 11.8. The minimum Gasteiger partial charge on any atom is -0.478 e. The van der Waals surface area contributed by atoms with Crippen molar-refractivity contribution in [3.8, 4) is 0 Å². The SMILES string of the molecule is CCC[C@H](C)Nc1ccc(C(=O)O)cc1S(=O)(=O)NC[C@@H]1CCCO1. The molecule has 3 N–H and O–H groups in total. The summed E-state index contributed by atoms with van der Waals surface area (Å²) in [5, 5.41) is 12.3. The normalized spacial score (nSPS) is 18.9. The summed E-state index contributed by atoms with van der Waals surface area (Å²) in [4.78, 5) is 11.2. The van der Waals surface area contributed by atoms with Crippen LogP contribution in [0.4, 0.5) is 5.69 Å². The lowest BCUT2D eigenvalue weighted by Crippen LogP contribution is -2.32. The lowest BCUT2D eigenvalue weighted by atomic mass is 10.1. The largest absolute Gasteiger partial charge is 0.478 e. The molecular formula is C17H26N2O5S. The molecule has 1 saturated heterocycles. The summed E-state index contributed by atoms with van der Waals surface area (Å²) < 4.78 is 33.4. The van der Waals surface area contributed by atoms with Crippen molar-refractivity contribution in [2.24, 2.45) is 0 Å². The first-order valence-corrected chi connectivity index (χ1v) is 10.1. The number of sulfonamides is 1. The highest BCUT2D eigenvalue weighted by Crippen LogP contribution is 2.25. The van der Waals surface area contributed by atoms with Gasteiger partial charge in [0.15, 0.2) is 0 Å². The van der Waals surface area contributed by atoms with Gasteiger partial charge < -0.3 is 15.2 Å². The number of ether oxygens (including phenoxy) is 1. The molecule has 2 rings (SSSR count). The van der Waals surface area contributed by atoms with E-state index in [0.29, 0.717) is 12.3 Å². The zero-order valence-electron chi connectivity index (χ0n) is 14.6. The minimum absolute atomic E-state index is 0.0478. The number of hydrogen-bond donors (Lipinski definition) is 3. The molecule has 1 heterocycles.